The number of rotatable bonds is 5. The Hall–Kier alpha value is -2.90. The molecular weight excluding hydrogens is 272 g/mol. The highest BCUT2D eigenvalue weighted by atomic mass is 16.2. The van der Waals surface area contributed by atoms with E-state index in [1.807, 2.05) is 0 Å². The Labute approximate surface area is 121 Å². The van der Waals surface area contributed by atoms with E-state index >= 15 is 0 Å². The predicted octanol–water partition coefficient (Wildman–Crippen LogP) is -0.185. The summed E-state index contributed by atoms with van der Waals surface area (Å²) >= 11 is 0. The maximum absolute atomic E-state index is 11.8. The SMILES string of the molecule is C[C@H](CNC(=O)c1cnccn1)NC(=O)c1cnccn1. The third-order valence-electron chi connectivity index (χ3n) is 2.54. The maximum Gasteiger partial charge on any atom is 0.271 e. The highest BCUT2D eigenvalue weighted by Crippen LogP contribution is 1.93. The van der Waals surface area contributed by atoms with E-state index in [1.165, 1.54) is 37.2 Å². The van der Waals surface area contributed by atoms with Crippen LogP contribution in [0.3, 0.4) is 0 Å². The van der Waals surface area contributed by atoms with Crippen LogP contribution in [0.25, 0.3) is 0 Å². The molecule has 108 valence electrons. The Morgan fingerprint density at radius 2 is 1.57 bits per heavy atom. The molecule has 8 nitrogen and oxygen atoms in total. The molecule has 2 amide bonds. The first kappa shape index (κ1) is 14.5. The first-order chi connectivity index (χ1) is 10.2. The van der Waals surface area contributed by atoms with Gasteiger partial charge in [-0.2, -0.15) is 0 Å². The number of hydrogen-bond donors (Lipinski definition) is 2. The van der Waals surface area contributed by atoms with Crippen molar-refractivity contribution in [1.29, 1.82) is 0 Å². The van der Waals surface area contributed by atoms with Crippen molar-refractivity contribution in [1.82, 2.24) is 30.6 Å². The van der Waals surface area contributed by atoms with Crippen LogP contribution in [0.15, 0.2) is 37.2 Å². The lowest BCUT2D eigenvalue weighted by molar-refractivity contribution is 0.0907. The lowest BCUT2D eigenvalue weighted by atomic mass is 10.3. The molecule has 0 aliphatic carbocycles. The molecule has 0 saturated carbocycles. The van der Waals surface area contributed by atoms with E-state index < -0.39 is 0 Å². The molecule has 2 rings (SSSR count). The van der Waals surface area contributed by atoms with Gasteiger partial charge in [-0.05, 0) is 6.92 Å². The molecule has 2 heterocycles. The predicted molar refractivity (Wildman–Crippen MR) is 73.3 cm³/mol. The van der Waals surface area contributed by atoms with E-state index in [2.05, 4.69) is 30.6 Å². The van der Waals surface area contributed by atoms with Crippen molar-refractivity contribution in [3.63, 3.8) is 0 Å². The molecule has 21 heavy (non-hydrogen) atoms. The number of hydrogen-bond acceptors (Lipinski definition) is 6. The fourth-order valence-corrected chi connectivity index (χ4v) is 1.52. The van der Waals surface area contributed by atoms with Crippen molar-refractivity contribution >= 4 is 11.8 Å². The van der Waals surface area contributed by atoms with Crippen LogP contribution in [0.4, 0.5) is 0 Å². The van der Waals surface area contributed by atoms with Gasteiger partial charge in [-0.25, -0.2) is 9.97 Å². The standard InChI is InChI=1S/C13H14N6O2/c1-9(19-13(21)11-8-15-3-5-17-11)6-18-12(20)10-7-14-2-4-16-10/h2-5,7-9H,6H2,1H3,(H,18,20)(H,19,21)/t9-/m1/s1. The van der Waals surface area contributed by atoms with Crippen molar-refractivity contribution in [3.8, 4) is 0 Å². The van der Waals surface area contributed by atoms with Gasteiger partial charge >= 0.3 is 0 Å². The van der Waals surface area contributed by atoms with Gasteiger partial charge in [0.05, 0.1) is 12.4 Å². The molecule has 0 bridgehead atoms. The highest BCUT2D eigenvalue weighted by molar-refractivity contribution is 5.93. The first-order valence-corrected chi connectivity index (χ1v) is 6.28. The third-order valence-corrected chi connectivity index (χ3v) is 2.54. The zero-order chi connectivity index (χ0) is 15.1. The zero-order valence-corrected chi connectivity index (χ0v) is 11.4. The topological polar surface area (TPSA) is 110 Å². The van der Waals surface area contributed by atoms with Crippen LogP contribution in [0.2, 0.25) is 0 Å². The highest BCUT2D eigenvalue weighted by Gasteiger charge is 2.13. The lowest BCUT2D eigenvalue weighted by Gasteiger charge is -2.14. The van der Waals surface area contributed by atoms with E-state index in [9.17, 15) is 9.59 Å². The Kier molecular flexibility index (Phi) is 4.86. The summed E-state index contributed by atoms with van der Waals surface area (Å²) in [7, 11) is 0. The van der Waals surface area contributed by atoms with Gasteiger partial charge in [0, 0.05) is 37.4 Å². The van der Waals surface area contributed by atoms with Gasteiger partial charge in [-0.1, -0.05) is 0 Å². The second kappa shape index (κ2) is 7.04. The zero-order valence-electron chi connectivity index (χ0n) is 11.4. The van der Waals surface area contributed by atoms with Gasteiger partial charge in [-0.3, -0.25) is 19.6 Å². The number of aromatic nitrogens is 4. The van der Waals surface area contributed by atoms with Crippen molar-refractivity contribution in [2.75, 3.05) is 6.54 Å². The van der Waals surface area contributed by atoms with Crippen LogP contribution in [-0.4, -0.2) is 44.3 Å². The summed E-state index contributed by atoms with van der Waals surface area (Å²) in [6.45, 7) is 2.03. The second-order valence-corrected chi connectivity index (χ2v) is 4.27. The lowest BCUT2D eigenvalue weighted by Crippen LogP contribution is -2.42. The van der Waals surface area contributed by atoms with Gasteiger partial charge in [-0.15, -0.1) is 0 Å². The van der Waals surface area contributed by atoms with E-state index in [0.717, 1.165) is 0 Å². The maximum atomic E-state index is 11.8. The molecule has 0 fully saturated rings. The summed E-state index contributed by atoms with van der Waals surface area (Å²) in [6, 6.07) is -0.264. The van der Waals surface area contributed by atoms with Crippen LogP contribution < -0.4 is 10.6 Å². The summed E-state index contributed by atoms with van der Waals surface area (Å²) in [5.41, 5.74) is 0.453. The van der Waals surface area contributed by atoms with Crippen LogP contribution in [0.5, 0.6) is 0 Å². The second-order valence-electron chi connectivity index (χ2n) is 4.27. The molecular formula is C13H14N6O2. The minimum atomic E-state index is -0.344. The molecule has 2 N–H and O–H groups in total. The number of nitrogens with zero attached hydrogens (tertiary/aromatic N) is 4. The van der Waals surface area contributed by atoms with Gasteiger partial charge < -0.3 is 10.6 Å². The smallest absolute Gasteiger partial charge is 0.271 e. The van der Waals surface area contributed by atoms with E-state index in [-0.39, 0.29) is 35.8 Å². The molecule has 0 unspecified atom stereocenters. The molecule has 2 aromatic heterocycles. The normalized spacial score (nSPS) is 11.5. The van der Waals surface area contributed by atoms with Crippen LogP contribution in [0.1, 0.15) is 27.9 Å². The van der Waals surface area contributed by atoms with Gasteiger partial charge in [0.15, 0.2) is 0 Å². The average Bonchev–Trinajstić information content (AvgIpc) is 2.54. The fourth-order valence-electron chi connectivity index (χ4n) is 1.52. The Balaban J connectivity index is 1.81. The van der Waals surface area contributed by atoms with Crippen molar-refractivity contribution in [2.45, 2.75) is 13.0 Å². The summed E-state index contributed by atoms with van der Waals surface area (Å²) in [5.74, 6) is -0.687. The average molecular weight is 286 g/mol. The monoisotopic (exact) mass is 286 g/mol. The number of carbonyl (C=O) groups excluding carboxylic acids is 2. The Morgan fingerprint density at radius 3 is 2.10 bits per heavy atom. The molecule has 0 aliphatic heterocycles. The fraction of sp³-hybridized carbons (Fsp3) is 0.231. The van der Waals surface area contributed by atoms with Crippen molar-refractivity contribution < 1.29 is 9.59 Å². The molecule has 8 heteroatoms. The van der Waals surface area contributed by atoms with E-state index in [4.69, 9.17) is 0 Å². The van der Waals surface area contributed by atoms with Crippen LogP contribution >= 0.6 is 0 Å². The minimum absolute atomic E-state index is 0.226. The van der Waals surface area contributed by atoms with Gasteiger partial charge in [0.2, 0.25) is 0 Å². The molecule has 0 aliphatic rings. The minimum Gasteiger partial charge on any atom is -0.349 e. The van der Waals surface area contributed by atoms with Gasteiger partial charge in [0.1, 0.15) is 11.4 Å². The molecule has 0 saturated heterocycles. The van der Waals surface area contributed by atoms with Crippen LogP contribution in [0, 0.1) is 0 Å². The summed E-state index contributed by atoms with van der Waals surface area (Å²) < 4.78 is 0. The summed E-state index contributed by atoms with van der Waals surface area (Å²) in [4.78, 5) is 39.0. The molecule has 2 aromatic rings. The van der Waals surface area contributed by atoms with E-state index in [1.54, 1.807) is 6.92 Å². The number of amides is 2. The number of carbonyl (C=O) groups is 2. The van der Waals surface area contributed by atoms with Crippen molar-refractivity contribution in [3.05, 3.63) is 48.6 Å². The Morgan fingerprint density at radius 1 is 1.00 bits per heavy atom. The van der Waals surface area contributed by atoms with Crippen molar-refractivity contribution in [2.24, 2.45) is 0 Å². The molecule has 0 radical (unpaired) electrons. The summed E-state index contributed by atoms with van der Waals surface area (Å²) in [6.07, 6.45) is 8.60. The van der Waals surface area contributed by atoms with Gasteiger partial charge in [0.25, 0.3) is 11.8 Å². The van der Waals surface area contributed by atoms with E-state index in [0.29, 0.717) is 0 Å². The summed E-state index contributed by atoms with van der Waals surface area (Å²) in [5, 5.41) is 5.37. The Bertz CT molecular complexity index is 605. The molecule has 0 aromatic carbocycles. The largest absolute Gasteiger partial charge is 0.349 e. The first-order valence-electron chi connectivity index (χ1n) is 6.28. The molecule has 0 spiro atoms. The quantitative estimate of drug-likeness (QED) is 0.788. The third kappa shape index (κ3) is 4.30. The van der Waals surface area contributed by atoms with Crippen LogP contribution in [-0.2, 0) is 0 Å². The number of nitrogens with one attached hydrogen (secondary N) is 2. The molecule has 1 atom stereocenters.